The topological polar surface area (TPSA) is 85.4 Å². The highest BCUT2D eigenvalue weighted by atomic mass is 16.7. The van der Waals surface area contributed by atoms with Crippen LogP contribution in [0.5, 0.6) is 11.5 Å². The molecular formula is C33H28N2O6. The third-order valence-electron chi connectivity index (χ3n) is 7.14. The molecule has 0 bridgehead atoms. The van der Waals surface area contributed by atoms with Gasteiger partial charge in [-0.15, -0.1) is 0 Å². The third kappa shape index (κ3) is 5.05. The molecule has 0 spiro atoms. The number of imide groups is 1. The van der Waals surface area contributed by atoms with Crippen LogP contribution in [0.4, 0.5) is 11.4 Å². The van der Waals surface area contributed by atoms with E-state index in [1.807, 2.05) is 43.3 Å². The van der Waals surface area contributed by atoms with Crippen molar-refractivity contribution in [2.45, 2.75) is 25.5 Å². The van der Waals surface area contributed by atoms with Crippen LogP contribution in [-0.4, -0.2) is 30.5 Å². The Morgan fingerprint density at radius 2 is 1.39 bits per heavy atom. The molecule has 0 saturated carbocycles. The number of carbonyl (C=O) groups excluding carboxylic acids is 3. The fraction of sp³-hybridized carbons (Fsp3) is 0.182. The molecule has 0 aromatic heterocycles. The van der Waals surface area contributed by atoms with Gasteiger partial charge in [0.15, 0.2) is 6.10 Å². The molecule has 41 heavy (non-hydrogen) atoms. The molecule has 206 valence electrons. The monoisotopic (exact) mass is 548 g/mol. The SMILES string of the molecule is CCCOc1ccc(N2C(=O)[C@H]3[C@H](ON(c4ccccc4)[C@H]3c3ccc(OC(=O)c4ccccc4)cc3)C2=O)cc1. The lowest BCUT2D eigenvalue weighted by Crippen LogP contribution is -2.37. The van der Waals surface area contributed by atoms with E-state index in [0.717, 1.165) is 17.7 Å². The van der Waals surface area contributed by atoms with E-state index < -0.39 is 29.9 Å². The van der Waals surface area contributed by atoms with Crippen molar-refractivity contribution >= 4 is 29.2 Å². The molecule has 8 nitrogen and oxygen atoms in total. The number of ether oxygens (including phenoxy) is 2. The first-order valence-corrected chi connectivity index (χ1v) is 13.5. The summed E-state index contributed by atoms with van der Waals surface area (Å²) in [6.07, 6.45) is -0.110. The predicted octanol–water partition coefficient (Wildman–Crippen LogP) is 5.75. The van der Waals surface area contributed by atoms with E-state index in [1.165, 1.54) is 4.90 Å². The lowest BCUT2D eigenvalue weighted by atomic mass is 9.90. The van der Waals surface area contributed by atoms with Gasteiger partial charge in [-0.05, 0) is 72.6 Å². The van der Waals surface area contributed by atoms with Crippen molar-refractivity contribution in [3.05, 3.63) is 120 Å². The highest BCUT2D eigenvalue weighted by Crippen LogP contribution is 2.47. The van der Waals surface area contributed by atoms with E-state index in [2.05, 4.69) is 0 Å². The highest BCUT2D eigenvalue weighted by Gasteiger charge is 2.60. The zero-order chi connectivity index (χ0) is 28.3. The van der Waals surface area contributed by atoms with Gasteiger partial charge in [0.05, 0.1) is 29.6 Å². The van der Waals surface area contributed by atoms with Crippen molar-refractivity contribution in [1.29, 1.82) is 0 Å². The second-order valence-corrected chi connectivity index (χ2v) is 9.84. The molecule has 2 aliphatic rings. The zero-order valence-corrected chi connectivity index (χ0v) is 22.4. The number of esters is 1. The fourth-order valence-corrected chi connectivity index (χ4v) is 5.19. The molecule has 0 N–H and O–H groups in total. The first-order chi connectivity index (χ1) is 20.0. The standard InChI is InChI=1S/C33H28N2O6/c1-2-21-39-26-19-15-24(16-20-26)34-31(36)28-29(35(41-30(28)32(34)37)25-11-7-4-8-12-25)22-13-17-27(18-14-22)40-33(38)23-9-5-3-6-10-23/h3-20,28-30H,2,21H2,1H3/t28-,29+,30+/m1/s1. The van der Waals surface area contributed by atoms with Crippen LogP contribution in [0.2, 0.25) is 0 Å². The van der Waals surface area contributed by atoms with Crippen LogP contribution in [0.15, 0.2) is 109 Å². The van der Waals surface area contributed by atoms with Crippen LogP contribution in [-0.2, 0) is 14.4 Å². The highest BCUT2D eigenvalue weighted by molar-refractivity contribution is 6.24. The molecule has 3 atom stereocenters. The number of hydrogen-bond acceptors (Lipinski definition) is 7. The van der Waals surface area contributed by atoms with E-state index in [1.54, 1.807) is 77.9 Å². The van der Waals surface area contributed by atoms with Crippen molar-refractivity contribution in [3.63, 3.8) is 0 Å². The first kappa shape index (κ1) is 26.3. The van der Waals surface area contributed by atoms with Crippen LogP contribution in [0, 0.1) is 5.92 Å². The molecular weight excluding hydrogens is 520 g/mol. The van der Waals surface area contributed by atoms with E-state index in [9.17, 15) is 14.4 Å². The van der Waals surface area contributed by atoms with Gasteiger partial charge in [-0.3, -0.25) is 14.4 Å². The number of carbonyl (C=O) groups is 3. The number of para-hydroxylation sites is 1. The number of fused-ring (bicyclic) bond motifs is 1. The fourth-order valence-electron chi connectivity index (χ4n) is 5.19. The summed E-state index contributed by atoms with van der Waals surface area (Å²) < 4.78 is 11.2. The molecule has 4 aromatic rings. The van der Waals surface area contributed by atoms with E-state index in [0.29, 0.717) is 29.4 Å². The normalized spacial score (nSPS) is 19.8. The smallest absolute Gasteiger partial charge is 0.343 e. The van der Waals surface area contributed by atoms with Crippen LogP contribution < -0.4 is 19.4 Å². The minimum absolute atomic E-state index is 0.342. The Kier molecular flexibility index (Phi) is 7.22. The molecule has 0 aliphatic carbocycles. The third-order valence-corrected chi connectivity index (χ3v) is 7.14. The van der Waals surface area contributed by atoms with Gasteiger partial charge in [-0.2, -0.15) is 0 Å². The predicted molar refractivity (Wildman–Crippen MR) is 153 cm³/mol. The molecule has 2 fully saturated rings. The van der Waals surface area contributed by atoms with Crippen molar-refractivity contribution in [1.82, 2.24) is 0 Å². The zero-order valence-electron chi connectivity index (χ0n) is 22.4. The first-order valence-electron chi connectivity index (χ1n) is 13.5. The Morgan fingerprint density at radius 3 is 2.05 bits per heavy atom. The quantitative estimate of drug-likeness (QED) is 0.158. The Hall–Kier alpha value is -4.95. The number of hydrogen-bond donors (Lipinski definition) is 0. The number of benzene rings is 4. The largest absolute Gasteiger partial charge is 0.494 e. The molecule has 8 heteroatoms. The van der Waals surface area contributed by atoms with Crippen molar-refractivity contribution in [2.24, 2.45) is 5.92 Å². The Morgan fingerprint density at radius 1 is 0.756 bits per heavy atom. The Balaban J connectivity index is 1.29. The maximum absolute atomic E-state index is 13.9. The summed E-state index contributed by atoms with van der Waals surface area (Å²) in [7, 11) is 0. The van der Waals surface area contributed by atoms with Gasteiger partial charge in [0.2, 0.25) is 5.91 Å². The second-order valence-electron chi connectivity index (χ2n) is 9.84. The van der Waals surface area contributed by atoms with Crippen molar-refractivity contribution in [2.75, 3.05) is 16.6 Å². The van der Waals surface area contributed by atoms with Gasteiger partial charge < -0.3 is 9.47 Å². The molecule has 2 saturated heterocycles. The summed E-state index contributed by atoms with van der Waals surface area (Å²) in [5.74, 6) is -0.968. The van der Waals surface area contributed by atoms with Gasteiger partial charge in [-0.25, -0.2) is 14.8 Å². The summed E-state index contributed by atoms with van der Waals surface area (Å²) in [6, 6.07) is 31.4. The summed E-state index contributed by atoms with van der Waals surface area (Å²) in [4.78, 5) is 47.4. The van der Waals surface area contributed by atoms with E-state index in [-0.39, 0.29) is 5.91 Å². The number of nitrogens with zero attached hydrogens (tertiary/aromatic N) is 2. The molecule has 2 heterocycles. The molecule has 6 rings (SSSR count). The van der Waals surface area contributed by atoms with Crippen LogP contribution in [0.1, 0.15) is 35.3 Å². The summed E-state index contributed by atoms with van der Waals surface area (Å²) in [6.45, 7) is 2.61. The van der Waals surface area contributed by atoms with Crippen molar-refractivity contribution < 1.29 is 28.7 Å². The van der Waals surface area contributed by atoms with Gasteiger partial charge in [0, 0.05) is 0 Å². The molecule has 0 radical (unpaired) electrons. The molecule has 2 amide bonds. The average Bonchev–Trinajstić information content (AvgIpc) is 3.53. The second kappa shape index (κ2) is 11.3. The summed E-state index contributed by atoms with van der Waals surface area (Å²) in [5.41, 5.74) is 2.37. The minimum Gasteiger partial charge on any atom is -0.494 e. The lowest BCUT2D eigenvalue weighted by molar-refractivity contribution is -0.126. The molecule has 2 aliphatic heterocycles. The van der Waals surface area contributed by atoms with E-state index in [4.69, 9.17) is 14.3 Å². The van der Waals surface area contributed by atoms with Crippen LogP contribution in [0.25, 0.3) is 0 Å². The maximum atomic E-state index is 13.9. The lowest BCUT2D eigenvalue weighted by Gasteiger charge is -2.28. The minimum atomic E-state index is -0.987. The number of hydroxylamine groups is 1. The summed E-state index contributed by atoms with van der Waals surface area (Å²) in [5, 5.41) is 1.63. The summed E-state index contributed by atoms with van der Waals surface area (Å²) >= 11 is 0. The molecule has 4 aromatic carbocycles. The van der Waals surface area contributed by atoms with Gasteiger partial charge in [-0.1, -0.05) is 55.5 Å². The number of anilines is 2. The number of rotatable bonds is 8. The molecule has 0 unspecified atom stereocenters. The van der Waals surface area contributed by atoms with Gasteiger partial charge >= 0.3 is 5.97 Å². The van der Waals surface area contributed by atoms with Crippen LogP contribution >= 0.6 is 0 Å². The van der Waals surface area contributed by atoms with Gasteiger partial charge in [0.25, 0.3) is 5.91 Å². The maximum Gasteiger partial charge on any atom is 0.343 e. The average molecular weight is 549 g/mol. The van der Waals surface area contributed by atoms with E-state index >= 15 is 0 Å². The number of amides is 2. The van der Waals surface area contributed by atoms with Gasteiger partial charge in [0.1, 0.15) is 17.4 Å². The van der Waals surface area contributed by atoms with Crippen molar-refractivity contribution in [3.8, 4) is 11.5 Å². The Labute approximate surface area is 237 Å². The van der Waals surface area contributed by atoms with Crippen LogP contribution in [0.3, 0.4) is 0 Å². The Bertz CT molecular complexity index is 1540.